The quantitative estimate of drug-likeness (QED) is 0.869. The zero-order valence-corrected chi connectivity index (χ0v) is 12.6. The summed E-state index contributed by atoms with van der Waals surface area (Å²) in [5.74, 6) is 1.23. The van der Waals surface area contributed by atoms with Crippen LogP contribution in [0, 0.1) is 5.92 Å². The van der Waals surface area contributed by atoms with Crippen LogP contribution in [-0.2, 0) is 0 Å². The Morgan fingerprint density at radius 2 is 2.26 bits per heavy atom. The predicted octanol–water partition coefficient (Wildman–Crippen LogP) is 2.25. The number of nitrogens with one attached hydrogen (secondary N) is 1. The number of rotatable bonds is 5. The van der Waals surface area contributed by atoms with Crippen LogP contribution < -0.4 is 15.8 Å². The molecule has 1 aromatic rings. The summed E-state index contributed by atoms with van der Waals surface area (Å²) in [7, 11) is 5.02. The molecule has 1 aliphatic carbocycles. The fraction of sp³-hybridized carbons (Fsp3) is 0.615. The predicted molar refractivity (Wildman–Crippen MR) is 79.1 cm³/mol. The minimum Gasteiger partial charge on any atom is -0.492 e. The van der Waals surface area contributed by atoms with E-state index in [-0.39, 0.29) is 5.91 Å². The molecule has 2 rings (SSSR count). The Kier molecular flexibility index (Phi) is 3.89. The SMILES string of the molecule is CCC1CC1Nc1sc(C(=O)N(C)C)c(N)c1OC. The molecule has 6 heteroatoms. The maximum absolute atomic E-state index is 12.0. The fourth-order valence-corrected chi connectivity index (χ4v) is 3.31. The van der Waals surface area contributed by atoms with Gasteiger partial charge in [-0.15, -0.1) is 11.3 Å². The van der Waals surface area contributed by atoms with Crippen molar-refractivity contribution in [3.8, 4) is 5.75 Å². The van der Waals surface area contributed by atoms with Crippen LogP contribution in [0.3, 0.4) is 0 Å². The van der Waals surface area contributed by atoms with E-state index in [0.29, 0.717) is 22.4 Å². The molecule has 3 N–H and O–H groups in total. The highest BCUT2D eigenvalue weighted by Gasteiger charge is 2.37. The van der Waals surface area contributed by atoms with Crippen LogP contribution in [0.4, 0.5) is 10.7 Å². The number of anilines is 2. The van der Waals surface area contributed by atoms with Gasteiger partial charge in [0.2, 0.25) is 0 Å². The van der Waals surface area contributed by atoms with Gasteiger partial charge in [-0.25, -0.2) is 0 Å². The van der Waals surface area contributed by atoms with Crippen molar-refractivity contribution < 1.29 is 9.53 Å². The second-order valence-corrected chi connectivity index (χ2v) is 6.08. The van der Waals surface area contributed by atoms with Crippen molar-refractivity contribution in [3.63, 3.8) is 0 Å². The van der Waals surface area contributed by atoms with Crippen LogP contribution >= 0.6 is 11.3 Å². The number of thiophene rings is 1. The van der Waals surface area contributed by atoms with Gasteiger partial charge in [0.05, 0.1) is 7.11 Å². The lowest BCUT2D eigenvalue weighted by Crippen LogP contribution is -2.21. The summed E-state index contributed by atoms with van der Waals surface area (Å²) in [6.45, 7) is 2.19. The third-order valence-corrected chi connectivity index (χ3v) is 4.57. The third kappa shape index (κ3) is 2.63. The molecule has 106 valence electrons. The number of nitrogens with zero attached hydrogens (tertiary/aromatic N) is 1. The second-order valence-electron chi connectivity index (χ2n) is 5.06. The molecule has 0 aromatic carbocycles. The van der Waals surface area contributed by atoms with E-state index in [1.165, 1.54) is 29.1 Å². The Labute approximate surface area is 117 Å². The molecule has 19 heavy (non-hydrogen) atoms. The van der Waals surface area contributed by atoms with Crippen molar-refractivity contribution in [1.82, 2.24) is 4.90 Å². The van der Waals surface area contributed by atoms with Crippen molar-refractivity contribution in [2.24, 2.45) is 5.92 Å². The largest absolute Gasteiger partial charge is 0.492 e. The van der Waals surface area contributed by atoms with Gasteiger partial charge in [0.1, 0.15) is 15.6 Å². The Hall–Kier alpha value is -1.43. The molecule has 0 bridgehead atoms. The molecule has 0 aliphatic heterocycles. The number of carbonyl (C=O) groups excluding carboxylic acids is 1. The van der Waals surface area contributed by atoms with Gasteiger partial charge >= 0.3 is 0 Å². The number of nitrogens with two attached hydrogens (primary N) is 1. The van der Waals surface area contributed by atoms with E-state index in [2.05, 4.69) is 12.2 Å². The number of carbonyl (C=O) groups is 1. The van der Waals surface area contributed by atoms with E-state index in [9.17, 15) is 4.79 Å². The summed E-state index contributed by atoms with van der Waals surface area (Å²) in [5.41, 5.74) is 6.45. The van der Waals surface area contributed by atoms with Crippen molar-refractivity contribution in [2.75, 3.05) is 32.3 Å². The third-order valence-electron chi connectivity index (χ3n) is 3.47. The van der Waals surface area contributed by atoms with Gasteiger partial charge < -0.3 is 20.7 Å². The molecule has 1 aromatic heterocycles. The first kappa shape index (κ1) is 14.0. The maximum atomic E-state index is 12.0. The van der Waals surface area contributed by atoms with Gasteiger partial charge in [-0.3, -0.25) is 4.79 Å². The highest BCUT2D eigenvalue weighted by Crippen LogP contribution is 2.46. The van der Waals surface area contributed by atoms with E-state index >= 15 is 0 Å². The molecule has 0 saturated heterocycles. The van der Waals surface area contributed by atoms with Crippen molar-refractivity contribution in [1.29, 1.82) is 0 Å². The van der Waals surface area contributed by atoms with E-state index in [1.807, 2.05) is 0 Å². The smallest absolute Gasteiger partial charge is 0.265 e. The summed E-state index contributed by atoms with van der Waals surface area (Å²) in [5, 5.41) is 4.30. The first-order valence-electron chi connectivity index (χ1n) is 6.44. The van der Waals surface area contributed by atoms with Crippen LogP contribution in [0.15, 0.2) is 0 Å². The zero-order chi connectivity index (χ0) is 14.2. The van der Waals surface area contributed by atoms with E-state index in [0.717, 1.165) is 10.9 Å². The first-order chi connectivity index (χ1) is 8.99. The fourth-order valence-electron chi connectivity index (χ4n) is 2.13. The van der Waals surface area contributed by atoms with Crippen molar-refractivity contribution in [2.45, 2.75) is 25.8 Å². The molecule has 1 saturated carbocycles. The number of hydrogen-bond donors (Lipinski definition) is 2. The van der Waals surface area contributed by atoms with E-state index < -0.39 is 0 Å². The highest BCUT2D eigenvalue weighted by atomic mass is 32.1. The Bertz CT molecular complexity index is 484. The topological polar surface area (TPSA) is 67.6 Å². The van der Waals surface area contributed by atoms with Gasteiger partial charge in [-0.1, -0.05) is 13.3 Å². The van der Waals surface area contributed by atoms with Gasteiger partial charge in [-0.2, -0.15) is 0 Å². The molecule has 2 atom stereocenters. The van der Waals surface area contributed by atoms with Gasteiger partial charge in [-0.05, 0) is 12.3 Å². The normalized spacial score (nSPS) is 21.1. The lowest BCUT2D eigenvalue weighted by Gasteiger charge is -2.08. The molecule has 1 fully saturated rings. The summed E-state index contributed by atoms with van der Waals surface area (Å²) < 4.78 is 5.34. The van der Waals surface area contributed by atoms with Crippen LogP contribution in [0.2, 0.25) is 0 Å². The maximum Gasteiger partial charge on any atom is 0.265 e. The molecule has 0 spiro atoms. The summed E-state index contributed by atoms with van der Waals surface area (Å²) >= 11 is 1.38. The van der Waals surface area contributed by atoms with E-state index in [4.69, 9.17) is 10.5 Å². The van der Waals surface area contributed by atoms with Crippen LogP contribution in [-0.4, -0.2) is 38.1 Å². The molecule has 2 unspecified atom stereocenters. The monoisotopic (exact) mass is 283 g/mol. The standard InChI is InChI=1S/C13H21N3O2S/c1-5-7-6-8(7)15-12-10(18-4)9(14)11(19-12)13(17)16(2)3/h7-8,15H,5-6,14H2,1-4H3. The van der Waals surface area contributed by atoms with Crippen molar-refractivity contribution in [3.05, 3.63) is 4.88 Å². The number of ether oxygens (including phenoxy) is 1. The van der Waals surface area contributed by atoms with Crippen LogP contribution in [0.5, 0.6) is 5.75 Å². The highest BCUT2D eigenvalue weighted by molar-refractivity contribution is 7.19. The molecule has 1 amide bonds. The molecule has 0 radical (unpaired) electrons. The average molecular weight is 283 g/mol. The molecule has 5 nitrogen and oxygen atoms in total. The number of methoxy groups -OCH3 is 1. The van der Waals surface area contributed by atoms with Gasteiger partial charge in [0.25, 0.3) is 5.91 Å². The lowest BCUT2D eigenvalue weighted by molar-refractivity contribution is 0.0833. The molecular formula is C13H21N3O2S. The summed E-state index contributed by atoms with van der Waals surface area (Å²) in [4.78, 5) is 14.1. The Balaban J connectivity index is 2.23. The minimum atomic E-state index is -0.0864. The van der Waals surface area contributed by atoms with Crippen LogP contribution in [0.25, 0.3) is 0 Å². The summed E-state index contributed by atoms with van der Waals surface area (Å²) in [6.07, 6.45) is 2.35. The molecule has 1 heterocycles. The van der Waals surface area contributed by atoms with Crippen molar-refractivity contribution >= 4 is 27.9 Å². The lowest BCUT2D eigenvalue weighted by atomic mass is 10.3. The molecule has 1 aliphatic rings. The van der Waals surface area contributed by atoms with Crippen LogP contribution in [0.1, 0.15) is 29.4 Å². The van der Waals surface area contributed by atoms with Gasteiger partial charge in [0.15, 0.2) is 5.75 Å². The van der Waals surface area contributed by atoms with E-state index in [1.54, 1.807) is 21.2 Å². The molecular weight excluding hydrogens is 262 g/mol. The Morgan fingerprint density at radius 1 is 1.58 bits per heavy atom. The average Bonchev–Trinajstić information content (AvgIpc) is 3.05. The number of nitrogen functional groups attached to an aromatic ring is 1. The number of hydrogen-bond acceptors (Lipinski definition) is 5. The zero-order valence-electron chi connectivity index (χ0n) is 11.8. The first-order valence-corrected chi connectivity index (χ1v) is 7.25. The Morgan fingerprint density at radius 3 is 2.74 bits per heavy atom. The van der Waals surface area contributed by atoms with Gasteiger partial charge in [0, 0.05) is 20.1 Å². The minimum absolute atomic E-state index is 0.0864. The second kappa shape index (κ2) is 5.28. The summed E-state index contributed by atoms with van der Waals surface area (Å²) in [6, 6.07) is 0.485. The number of amides is 1.